The highest BCUT2D eigenvalue weighted by Crippen LogP contribution is 2.39. The molecule has 2 aliphatic rings. The van der Waals surface area contributed by atoms with E-state index in [0.29, 0.717) is 29.6 Å². The summed E-state index contributed by atoms with van der Waals surface area (Å²) >= 11 is 0. The first-order chi connectivity index (χ1) is 16.3. The lowest BCUT2D eigenvalue weighted by Gasteiger charge is -2.36. The van der Waals surface area contributed by atoms with Crippen LogP contribution in [0, 0.1) is 0 Å². The van der Waals surface area contributed by atoms with Gasteiger partial charge in [0.1, 0.15) is 5.60 Å². The fourth-order valence-corrected chi connectivity index (χ4v) is 3.67. The molecule has 176 valence electrons. The van der Waals surface area contributed by atoms with Crippen molar-refractivity contribution in [2.75, 3.05) is 15.5 Å². The number of rotatable bonds is 5. The van der Waals surface area contributed by atoms with Gasteiger partial charge < -0.3 is 14.2 Å². The van der Waals surface area contributed by atoms with E-state index in [1.807, 2.05) is 4.90 Å². The number of benzene rings is 1. The summed E-state index contributed by atoms with van der Waals surface area (Å²) in [6.07, 6.45) is 4.59. The number of nitrogens with zero attached hydrogens (tertiary/aromatic N) is 5. The molecular weight excluding hydrogens is 438 g/mol. The van der Waals surface area contributed by atoms with Gasteiger partial charge in [0.05, 0.1) is 18.4 Å². The molecule has 0 bridgehead atoms. The molecule has 3 amide bonds. The quantitative estimate of drug-likeness (QED) is 0.553. The van der Waals surface area contributed by atoms with E-state index in [4.69, 9.17) is 9.26 Å². The fourth-order valence-electron chi connectivity index (χ4n) is 3.67. The fraction of sp³-hybridized carbons (Fsp3) is 0.348. The summed E-state index contributed by atoms with van der Waals surface area (Å²) in [6, 6.07) is 8.69. The molecule has 3 aromatic rings. The first kappa shape index (κ1) is 21.7. The number of fused-ring (bicyclic) bond motifs is 1. The number of anilines is 5. The summed E-state index contributed by atoms with van der Waals surface area (Å²) in [7, 11) is 0. The number of hydrogen-bond acceptors (Lipinski definition) is 8. The standard InChI is InChI=1S/C23H25N7O4/c1-23(2,3)33-21(31)26-15-5-4-6-17(11-15)30-19-14(13-29(22(30)32)16-7-8-16)12-24-20(28-19)27-18-9-10-25-34-18/h4-6,9-12,16H,7-8,13H2,1-3H3,(H,26,31)(H,24,27,28). The molecule has 11 heteroatoms. The Morgan fingerprint density at radius 1 is 1.24 bits per heavy atom. The Hall–Kier alpha value is -4.15. The van der Waals surface area contributed by atoms with E-state index in [-0.39, 0.29) is 18.0 Å². The van der Waals surface area contributed by atoms with Crippen LogP contribution in [-0.4, -0.2) is 43.8 Å². The average Bonchev–Trinajstić information content (AvgIpc) is 3.48. The van der Waals surface area contributed by atoms with Crippen LogP contribution in [0.25, 0.3) is 0 Å². The summed E-state index contributed by atoms with van der Waals surface area (Å²) in [5, 5.41) is 9.34. The zero-order chi connectivity index (χ0) is 23.9. The Bertz CT molecular complexity index is 1220. The van der Waals surface area contributed by atoms with E-state index in [2.05, 4.69) is 25.8 Å². The molecule has 0 spiro atoms. The molecule has 3 heterocycles. The second kappa shape index (κ2) is 8.32. The number of aromatic nitrogens is 3. The van der Waals surface area contributed by atoms with Crippen molar-refractivity contribution in [3.8, 4) is 0 Å². The highest BCUT2D eigenvalue weighted by molar-refractivity contribution is 6.02. The van der Waals surface area contributed by atoms with Gasteiger partial charge in [-0.3, -0.25) is 10.6 Å². The minimum absolute atomic E-state index is 0.172. The third kappa shape index (κ3) is 4.63. The van der Waals surface area contributed by atoms with Gasteiger partial charge in [-0.2, -0.15) is 4.98 Å². The molecule has 0 atom stereocenters. The van der Waals surface area contributed by atoms with Crippen molar-refractivity contribution in [2.24, 2.45) is 0 Å². The summed E-state index contributed by atoms with van der Waals surface area (Å²) in [5.74, 6) is 1.13. The van der Waals surface area contributed by atoms with Crippen molar-refractivity contribution in [1.82, 2.24) is 20.0 Å². The van der Waals surface area contributed by atoms with E-state index in [9.17, 15) is 9.59 Å². The molecule has 1 saturated carbocycles. The van der Waals surface area contributed by atoms with E-state index in [1.165, 1.54) is 6.20 Å². The maximum atomic E-state index is 13.6. The number of hydrogen-bond donors (Lipinski definition) is 2. The van der Waals surface area contributed by atoms with Crippen molar-refractivity contribution in [2.45, 2.75) is 51.8 Å². The van der Waals surface area contributed by atoms with Crippen LogP contribution in [0.15, 0.2) is 47.2 Å². The molecule has 1 aliphatic carbocycles. The molecule has 0 unspecified atom stereocenters. The zero-order valence-corrected chi connectivity index (χ0v) is 19.1. The summed E-state index contributed by atoms with van der Waals surface area (Å²) < 4.78 is 10.4. The number of amides is 3. The topological polar surface area (TPSA) is 126 Å². The van der Waals surface area contributed by atoms with Crippen LogP contribution in [0.2, 0.25) is 0 Å². The second-order valence-electron chi connectivity index (χ2n) is 9.20. The molecule has 1 aromatic carbocycles. The molecule has 2 aromatic heterocycles. The Morgan fingerprint density at radius 3 is 2.76 bits per heavy atom. The summed E-state index contributed by atoms with van der Waals surface area (Å²) in [5.41, 5.74) is 1.26. The highest BCUT2D eigenvalue weighted by atomic mass is 16.6. The zero-order valence-electron chi connectivity index (χ0n) is 19.1. The lowest BCUT2D eigenvalue weighted by Crippen LogP contribution is -2.46. The second-order valence-corrected chi connectivity index (χ2v) is 9.20. The minimum Gasteiger partial charge on any atom is -0.444 e. The number of carbonyl (C=O) groups excluding carboxylic acids is 2. The number of urea groups is 1. The third-order valence-corrected chi connectivity index (χ3v) is 5.24. The van der Waals surface area contributed by atoms with E-state index in [0.717, 1.165) is 18.4 Å². The van der Waals surface area contributed by atoms with Gasteiger partial charge in [-0.1, -0.05) is 11.2 Å². The molecule has 0 saturated heterocycles. The van der Waals surface area contributed by atoms with Gasteiger partial charge in [0.25, 0.3) is 0 Å². The predicted octanol–water partition coefficient (Wildman–Crippen LogP) is 4.79. The SMILES string of the molecule is CC(C)(C)OC(=O)Nc1cccc(N2C(=O)N(C3CC3)Cc3cnc(Nc4ccno4)nc32)c1. The Labute approximate surface area is 196 Å². The molecule has 34 heavy (non-hydrogen) atoms. The minimum atomic E-state index is -0.627. The summed E-state index contributed by atoms with van der Waals surface area (Å²) in [6.45, 7) is 5.82. The monoisotopic (exact) mass is 463 g/mol. The number of carbonyl (C=O) groups is 2. The molecule has 0 radical (unpaired) electrons. The van der Waals surface area contributed by atoms with Crippen molar-refractivity contribution in [3.63, 3.8) is 0 Å². The van der Waals surface area contributed by atoms with Crippen LogP contribution in [0.4, 0.5) is 38.6 Å². The van der Waals surface area contributed by atoms with Gasteiger partial charge in [0, 0.05) is 29.6 Å². The molecule has 2 N–H and O–H groups in total. The largest absolute Gasteiger partial charge is 0.444 e. The lowest BCUT2D eigenvalue weighted by atomic mass is 10.1. The van der Waals surface area contributed by atoms with Crippen LogP contribution in [-0.2, 0) is 11.3 Å². The van der Waals surface area contributed by atoms with Crippen LogP contribution in [0.1, 0.15) is 39.2 Å². The van der Waals surface area contributed by atoms with Crippen molar-refractivity contribution in [3.05, 3.63) is 48.3 Å². The van der Waals surface area contributed by atoms with Gasteiger partial charge >= 0.3 is 12.1 Å². The van der Waals surface area contributed by atoms with Gasteiger partial charge in [-0.15, -0.1) is 0 Å². The Balaban J connectivity index is 1.48. The number of ether oxygens (including phenoxy) is 1. The third-order valence-electron chi connectivity index (χ3n) is 5.24. The molecular formula is C23H25N7O4. The maximum absolute atomic E-state index is 13.6. The van der Waals surface area contributed by atoms with Crippen LogP contribution >= 0.6 is 0 Å². The normalized spacial score (nSPS) is 15.7. The molecule has 1 aliphatic heterocycles. The first-order valence-electron chi connectivity index (χ1n) is 11.0. The lowest BCUT2D eigenvalue weighted by molar-refractivity contribution is 0.0636. The Kier molecular flexibility index (Phi) is 5.31. The van der Waals surface area contributed by atoms with E-state index in [1.54, 1.807) is 62.2 Å². The van der Waals surface area contributed by atoms with Gasteiger partial charge in [-0.25, -0.2) is 19.5 Å². The maximum Gasteiger partial charge on any atom is 0.412 e. The number of nitrogens with one attached hydrogen (secondary N) is 2. The van der Waals surface area contributed by atoms with E-state index < -0.39 is 11.7 Å². The predicted molar refractivity (Wildman–Crippen MR) is 124 cm³/mol. The van der Waals surface area contributed by atoms with Crippen LogP contribution < -0.4 is 15.5 Å². The molecule has 5 rings (SSSR count). The average molecular weight is 463 g/mol. The van der Waals surface area contributed by atoms with Crippen LogP contribution in [0.3, 0.4) is 0 Å². The van der Waals surface area contributed by atoms with Crippen molar-refractivity contribution >= 4 is 41.1 Å². The van der Waals surface area contributed by atoms with Gasteiger partial charge in [0.2, 0.25) is 11.8 Å². The highest BCUT2D eigenvalue weighted by Gasteiger charge is 2.41. The smallest absolute Gasteiger partial charge is 0.412 e. The summed E-state index contributed by atoms with van der Waals surface area (Å²) in [4.78, 5) is 38.2. The van der Waals surface area contributed by atoms with Gasteiger partial charge in [0.15, 0.2) is 5.82 Å². The Morgan fingerprint density at radius 2 is 2.06 bits per heavy atom. The van der Waals surface area contributed by atoms with Crippen molar-refractivity contribution in [1.29, 1.82) is 0 Å². The molecule has 1 fully saturated rings. The van der Waals surface area contributed by atoms with Crippen LogP contribution in [0.5, 0.6) is 0 Å². The first-order valence-corrected chi connectivity index (χ1v) is 11.0. The molecule has 11 nitrogen and oxygen atoms in total. The van der Waals surface area contributed by atoms with Crippen molar-refractivity contribution < 1.29 is 18.8 Å². The van der Waals surface area contributed by atoms with E-state index >= 15 is 0 Å². The van der Waals surface area contributed by atoms with Gasteiger partial charge in [-0.05, 0) is 51.8 Å².